The normalized spacial score (nSPS) is 20.4. The summed E-state index contributed by atoms with van der Waals surface area (Å²) in [6.07, 6.45) is 3.22. The highest BCUT2D eigenvalue weighted by Gasteiger charge is 2.31. The number of fused-ring (bicyclic) bond motifs is 1. The van der Waals surface area contributed by atoms with Crippen molar-refractivity contribution in [3.8, 4) is 0 Å². The molecule has 0 aromatic carbocycles. The van der Waals surface area contributed by atoms with Crippen LogP contribution in [-0.2, 0) is 26.6 Å². The number of nitrogens with one attached hydrogen (secondary N) is 1. The summed E-state index contributed by atoms with van der Waals surface area (Å²) >= 11 is 0. The summed E-state index contributed by atoms with van der Waals surface area (Å²) in [5.41, 5.74) is 0.822. The summed E-state index contributed by atoms with van der Waals surface area (Å²) in [5, 5.41) is 4.21. The zero-order valence-electron chi connectivity index (χ0n) is 12.1. The molecule has 0 radical (unpaired) electrons. The van der Waals surface area contributed by atoms with Gasteiger partial charge in [-0.25, -0.2) is 21.6 Å². The fraction of sp³-hybridized carbons (Fsp3) is 0.727. The standard InChI is InChI=1S/C11H20N4O4S2/c1-3-21(18,19)14-8-10-4-6-12-15(10)11(9-14)5-7-13-20(2,16)17/h4,6,11,13H,3,5,7-9H2,1-2H3. The van der Waals surface area contributed by atoms with E-state index in [1.807, 2.05) is 0 Å². The highest BCUT2D eigenvalue weighted by Crippen LogP contribution is 2.24. The van der Waals surface area contributed by atoms with Gasteiger partial charge in [0, 0.05) is 19.3 Å². The number of sulfonamides is 2. The van der Waals surface area contributed by atoms with Gasteiger partial charge in [0.2, 0.25) is 20.0 Å². The van der Waals surface area contributed by atoms with Crippen molar-refractivity contribution in [2.24, 2.45) is 0 Å². The molecule has 0 amide bonds. The molecule has 0 aliphatic carbocycles. The molecule has 1 aliphatic rings. The van der Waals surface area contributed by atoms with E-state index in [1.54, 1.807) is 23.9 Å². The largest absolute Gasteiger partial charge is 0.264 e. The molecular weight excluding hydrogens is 316 g/mol. The van der Waals surface area contributed by atoms with Crippen LogP contribution in [0.2, 0.25) is 0 Å². The molecule has 2 heterocycles. The van der Waals surface area contributed by atoms with Crippen LogP contribution in [0.5, 0.6) is 0 Å². The van der Waals surface area contributed by atoms with Crippen LogP contribution in [0.1, 0.15) is 25.1 Å². The van der Waals surface area contributed by atoms with Crippen LogP contribution in [0, 0.1) is 0 Å². The summed E-state index contributed by atoms with van der Waals surface area (Å²) in [6.45, 7) is 2.49. The second-order valence-electron chi connectivity index (χ2n) is 5.07. The summed E-state index contributed by atoms with van der Waals surface area (Å²) < 4.78 is 51.9. The molecule has 0 saturated carbocycles. The van der Waals surface area contributed by atoms with E-state index in [0.29, 0.717) is 19.5 Å². The SMILES string of the molecule is CCS(=O)(=O)N1Cc2ccnn2C(CCNS(C)(=O)=O)C1. The first-order valence-corrected chi connectivity index (χ1v) is 10.2. The van der Waals surface area contributed by atoms with Crippen molar-refractivity contribution < 1.29 is 16.8 Å². The molecule has 10 heteroatoms. The topological polar surface area (TPSA) is 101 Å². The maximum atomic E-state index is 12.0. The van der Waals surface area contributed by atoms with Crippen molar-refractivity contribution in [2.75, 3.05) is 25.1 Å². The van der Waals surface area contributed by atoms with Crippen molar-refractivity contribution >= 4 is 20.0 Å². The van der Waals surface area contributed by atoms with Gasteiger partial charge in [0.05, 0.1) is 30.3 Å². The summed E-state index contributed by atoms with van der Waals surface area (Å²) in [5.74, 6) is 0.0510. The molecule has 1 atom stereocenters. The summed E-state index contributed by atoms with van der Waals surface area (Å²) in [6, 6.07) is 1.62. The monoisotopic (exact) mass is 336 g/mol. The number of hydrogen-bond donors (Lipinski definition) is 1. The highest BCUT2D eigenvalue weighted by molar-refractivity contribution is 7.89. The van der Waals surface area contributed by atoms with Crippen molar-refractivity contribution in [2.45, 2.75) is 25.9 Å². The van der Waals surface area contributed by atoms with Gasteiger partial charge in [-0.2, -0.15) is 9.40 Å². The van der Waals surface area contributed by atoms with Crippen LogP contribution in [0.25, 0.3) is 0 Å². The molecule has 120 valence electrons. The average Bonchev–Trinajstić information content (AvgIpc) is 2.85. The van der Waals surface area contributed by atoms with E-state index in [1.165, 1.54) is 4.31 Å². The van der Waals surface area contributed by atoms with E-state index in [9.17, 15) is 16.8 Å². The van der Waals surface area contributed by atoms with Crippen LogP contribution >= 0.6 is 0 Å². The Kier molecular flexibility index (Phi) is 4.71. The summed E-state index contributed by atoms with van der Waals surface area (Å²) in [7, 11) is -6.52. The van der Waals surface area contributed by atoms with Gasteiger partial charge >= 0.3 is 0 Å². The third kappa shape index (κ3) is 4.02. The molecule has 1 aromatic heterocycles. The van der Waals surface area contributed by atoms with E-state index in [-0.39, 0.29) is 18.3 Å². The Balaban J connectivity index is 2.14. The average molecular weight is 336 g/mol. The molecule has 1 unspecified atom stereocenters. The maximum Gasteiger partial charge on any atom is 0.214 e. The number of aromatic nitrogens is 2. The Morgan fingerprint density at radius 2 is 2.10 bits per heavy atom. The van der Waals surface area contributed by atoms with Gasteiger partial charge in [-0.05, 0) is 19.4 Å². The Morgan fingerprint density at radius 3 is 2.71 bits per heavy atom. The van der Waals surface area contributed by atoms with Crippen molar-refractivity contribution in [3.05, 3.63) is 18.0 Å². The minimum Gasteiger partial charge on any atom is -0.264 e. The van der Waals surface area contributed by atoms with Gasteiger partial charge in [-0.3, -0.25) is 4.68 Å². The smallest absolute Gasteiger partial charge is 0.214 e. The molecule has 8 nitrogen and oxygen atoms in total. The molecule has 2 rings (SSSR count). The Labute approximate surface area is 125 Å². The first-order chi connectivity index (χ1) is 9.73. The molecule has 1 aliphatic heterocycles. The third-order valence-corrected chi connectivity index (χ3v) is 5.97. The van der Waals surface area contributed by atoms with Gasteiger partial charge < -0.3 is 0 Å². The third-order valence-electron chi connectivity index (χ3n) is 3.45. The second kappa shape index (κ2) is 6.03. The minimum absolute atomic E-state index is 0.0510. The van der Waals surface area contributed by atoms with Crippen molar-refractivity contribution in [3.63, 3.8) is 0 Å². The van der Waals surface area contributed by atoms with Crippen molar-refractivity contribution in [1.82, 2.24) is 18.8 Å². The van der Waals surface area contributed by atoms with Crippen LogP contribution in [0.15, 0.2) is 12.3 Å². The zero-order valence-corrected chi connectivity index (χ0v) is 13.7. The quantitative estimate of drug-likeness (QED) is 0.757. The Hall–Kier alpha value is -0.970. The highest BCUT2D eigenvalue weighted by atomic mass is 32.2. The van der Waals surface area contributed by atoms with Gasteiger partial charge in [-0.15, -0.1) is 0 Å². The Bertz CT molecular complexity index is 696. The van der Waals surface area contributed by atoms with E-state index in [0.717, 1.165) is 11.9 Å². The molecule has 0 fully saturated rings. The van der Waals surface area contributed by atoms with Crippen LogP contribution in [0.4, 0.5) is 0 Å². The van der Waals surface area contributed by atoms with Gasteiger partial charge in [0.25, 0.3) is 0 Å². The van der Waals surface area contributed by atoms with E-state index >= 15 is 0 Å². The number of hydrogen-bond acceptors (Lipinski definition) is 5. The minimum atomic E-state index is -3.27. The lowest BCUT2D eigenvalue weighted by Crippen LogP contribution is -2.42. The summed E-state index contributed by atoms with van der Waals surface area (Å²) in [4.78, 5) is 0. The fourth-order valence-electron chi connectivity index (χ4n) is 2.37. The van der Waals surface area contributed by atoms with E-state index in [2.05, 4.69) is 9.82 Å². The van der Waals surface area contributed by atoms with Crippen molar-refractivity contribution in [1.29, 1.82) is 0 Å². The van der Waals surface area contributed by atoms with E-state index in [4.69, 9.17) is 0 Å². The van der Waals surface area contributed by atoms with Gasteiger partial charge in [-0.1, -0.05) is 0 Å². The fourth-order valence-corrected chi connectivity index (χ4v) is 3.95. The van der Waals surface area contributed by atoms with Gasteiger partial charge in [0.1, 0.15) is 0 Å². The maximum absolute atomic E-state index is 12.0. The zero-order chi connectivity index (χ0) is 15.7. The molecule has 0 spiro atoms. The molecule has 0 bridgehead atoms. The predicted molar refractivity (Wildman–Crippen MR) is 78.6 cm³/mol. The second-order valence-corrected chi connectivity index (χ2v) is 9.16. The molecule has 21 heavy (non-hydrogen) atoms. The van der Waals surface area contributed by atoms with Crippen LogP contribution in [-0.4, -0.2) is 56.0 Å². The number of rotatable bonds is 6. The lowest BCUT2D eigenvalue weighted by Gasteiger charge is -2.33. The van der Waals surface area contributed by atoms with Crippen LogP contribution < -0.4 is 4.72 Å². The van der Waals surface area contributed by atoms with Gasteiger partial charge in [0.15, 0.2) is 0 Å². The lowest BCUT2D eigenvalue weighted by atomic mass is 10.1. The molecular formula is C11H20N4O4S2. The lowest BCUT2D eigenvalue weighted by molar-refractivity contribution is 0.256. The van der Waals surface area contributed by atoms with Crippen LogP contribution in [0.3, 0.4) is 0 Å². The first kappa shape index (κ1) is 16.4. The Morgan fingerprint density at radius 1 is 1.38 bits per heavy atom. The number of nitrogens with zero attached hydrogens (tertiary/aromatic N) is 3. The van der Waals surface area contributed by atoms with E-state index < -0.39 is 20.0 Å². The molecule has 0 saturated heterocycles. The predicted octanol–water partition coefficient (Wildman–Crippen LogP) is -0.471. The first-order valence-electron chi connectivity index (χ1n) is 6.68. The molecule has 1 aromatic rings. The molecule has 1 N–H and O–H groups in total.